The van der Waals surface area contributed by atoms with Crippen LogP contribution in [0.3, 0.4) is 0 Å². The average Bonchev–Trinajstić information content (AvgIpc) is 2.97. The van der Waals surface area contributed by atoms with Crippen molar-refractivity contribution in [2.24, 2.45) is 0 Å². The topological polar surface area (TPSA) is 76.1 Å². The molecular formula is C28H28BrNO5. The van der Waals surface area contributed by atoms with E-state index in [4.69, 9.17) is 9.47 Å². The Morgan fingerprint density at radius 2 is 1.63 bits per heavy atom. The van der Waals surface area contributed by atoms with E-state index >= 15 is 0 Å². The molecule has 0 spiro atoms. The molecule has 0 radical (unpaired) electrons. The Morgan fingerprint density at radius 1 is 0.971 bits per heavy atom. The van der Waals surface area contributed by atoms with E-state index in [0.29, 0.717) is 10.0 Å². The zero-order valence-corrected chi connectivity index (χ0v) is 21.7. The van der Waals surface area contributed by atoms with Gasteiger partial charge in [0.1, 0.15) is 11.6 Å². The Labute approximate surface area is 213 Å². The summed E-state index contributed by atoms with van der Waals surface area (Å²) in [6.07, 6.45) is -0.647. The third-order valence-electron chi connectivity index (χ3n) is 6.00. The minimum atomic E-state index is -2.23. The van der Waals surface area contributed by atoms with Gasteiger partial charge in [0.25, 0.3) is 0 Å². The summed E-state index contributed by atoms with van der Waals surface area (Å²) in [5.74, 6) is -0.880. The van der Waals surface area contributed by atoms with Crippen molar-refractivity contribution in [1.82, 2.24) is 4.90 Å². The molecule has 7 heteroatoms. The maximum Gasteiger partial charge on any atom is 0.411 e. The predicted octanol–water partition coefficient (Wildman–Crippen LogP) is 5.97. The molecule has 3 aromatic rings. The van der Waals surface area contributed by atoms with E-state index in [2.05, 4.69) is 15.9 Å². The Kier molecular flexibility index (Phi) is 6.75. The number of methoxy groups -OCH3 is 1. The lowest BCUT2D eigenvalue weighted by Crippen LogP contribution is -2.52. The number of rotatable bonds is 3. The number of esters is 1. The van der Waals surface area contributed by atoms with Crippen LogP contribution in [0.1, 0.15) is 43.5 Å². The van der Waals surface area contributed by atoms with E-state index < -0.39 is 29.3 Å². The van der Waals surface area contributed by atoms with Crippen molar-refractivity contribution >= 4 is 28.0 Å². The number of benzene rings is 3. The van der Waals surface area contributed by atoms with Crippen LogP contribution in [0.4, 0.5) is 4.79 Å². The van der Waals surface area contributed by atoms with Crippen molar-refractivity contribution in [2.75, 3.05) is 7.11 Å². The van der Waals surface area contributed by atoms with Crippen LogP contribution < -0.4 is 0 Å². The van der Waals surface area contributed by atoms with Gasteiger partial charge in [-0.3, -0.25) is 4.90 Å². The van der Waals surface area contributed by atoms with Crippen LogP contribution >= 0.6 is 15.9 Å². The maximum atomic E-state index is 13.7. The fourth-order valence-electron chi connectivity index (χ4n) is 4.55. The molecule has 3 aromatic carbocycles. The molecule has 0 aromatic heterocycles. The molecule has 1 unspecified atom stereocenters. The summed E-state index contributed by atoms with van der Waals surface area (Å²) in [7, 11) is 1.22. The van der Waals surface area contributed by atoms with Gasteiger partial charge >= 0.3 is 12.1 Å². The van der Waals surface area contributed by atoms with E-state index in [-0.39, 0.29) is 12.1 Å². The Balaban J connectivity index is 2.04. The highest BCUT2D eigenvalue weighted by Crippen LogP contribution is 2.48. The summed E-state index contributed by atoms with van der Waals surface area (Å²) in [5, 5.41) is 12.3. The number of hydrogen-bond donors (Lipinski definition) is 1. The Bertz CT molecular complexity index is 1270. The highest BCUT2D eigenvalue weighted by molar-refractivity contribution is 9.10. The first-order chi connectivity index (χ1) is 16.6. The van der Waals surface area contributed by atoms with Gasteiger partial charge < -0.3 is 14.6 Å². The highest BCUT2D eigenvalue weighted by Gasteiger charge is 2.54. The monoisotopic (exact) mass is 537 g/mol. The molecule has 182 valence electrons. The second kappa shape index (κ2) is 9.47. The first-order valence-corrected chi connectivity index (χ1v) is 12.1. The summed E-state index contributed by atoms with van der Waals surface area (Å²) >= 11 is 3.44. The van der Waals surface area contributed by atoms with Gasteiger partial charge in [0.15, 0.2) is 0 Å². The fourth-order valence-corrected chi connectivity index (χ4v) is 4.95. The highest BCUT2D eigenvalue weighted by atomic mass is 79.9. The summed E-state index contributed by atoms with van der Waals surface area (Å²) in [4.78, 5) is 28.5. The minimum absolute atomic E-state index is 0.123. The molecule has 2 atom stereocenters. The summed E-state index contributed by atoms with van der Waals surface area (Å²) < 4.78 is 11.6. The van der Waals surface area contributed by atoms with Gasteiger partial charge in [0.2, 0.25) is 5.60 Å². The third-order valence-corrected chi connectivity index (χ3v) is 6.49. The number of amides is 1. The van der Waals surface area contributed by atoms with Crippen LogP contribution in [0.25, 0.3) is 11.1 Å². The van der Waals surface area contributed by atoms with Gasteiger partial charge in [-0.15, -0.1) is 0 Å². The summed E-state index contributed by atoms with van der Waals surface area (Å²) in [5.41, 5.74) is 0.487. The van der Waals surface area contributed by atoms with Gasteiger partial charge in [0.05, 0.1) is 13.7 Å². The molecule has 0 bridgehead atoms. The lowest BCUT2D eigenvalue weighted by atomic mass is 9.79. The van der Waals surface area contributed by atoms with Crippen molar-refractivity contribution in [2.45, 2.75) is 44.6 Å². The number of hydrogen-bond acceptors (Lipinski definition) is 5. The molecule has 0 aliphatic carbocycles. The van der Waals surface area contributed by atoms with Crippen LogP contribution in [0.2, 0.25) is 0 Å². The normalized spacial score (nSPS) is 16.9. The average molecular weight is 538 g/mol. The Morgan fingerprint density at radius 3 is 2.29 bits per heavy atom. The molecule has 4 rings (SSSR count). The lowest BCUT2D eigenvalue weighted by Gasteiger charge is -2.41. The van der Waals surface area contributed by atoms with Crippen molar-refractivity contribution in [3.05, 3.63) is 94.0 Å². The zero-order valence-electron chi connectivity index (χ0n) is 20.1. The first-order valence-electron chi connectivity index (χ1n) is 11.3. The molecule has 6 nitrogen and oxygen atoms in total. The van der Waals surface area contributed by atoms with Gasteiger partial charge in [0, 0.05) is 4.47 Å². The first kappa shape index (κ1) is 24.9. The van der Waals surface area contributed by atoms with E-state index in [1.165, 1.54) is 12.0 Å². The molecule has 1 amide bonds. The molecule has 35 heavy (non-hydrogen) atoms. The van der Waals surface area contributed by atoms with Crippen molar-refractivity contribution < 1.29 is 24.2 Å². The van der Waals surface area contributed by atoms with Crippen LogP contribution in [-0.4, -0.2) is 34.8 Å². The van der Waals surface area contributed by atoms with Gasteiger partial charge in [-0.1, -0.05) is 76.6 Å². The van der Waals surface area contributed by atoms with Crippen molar-refractivity contribution in [1.29, 1.82) is 0 Å². The molecule has 1 heterocycles. The third kappa shape index (κ3) is 4.70. The molecule has 0 saturated heterocycles. The summed E-state index contributed by atoms with van der Waals surface area (Å²) in [6, 6.07) is 20.9. The van der Waals surface area contributed by atoms with Crippen molar-refractivity contribution in [3.63, 3.8) is 0 Å². The van der Waals surface area contributed by atoms with Crippen molar-refractivity contribution in [3.8, 4) is 11.1 Å². The zero-order chi connectivity index (χ0) is 25.4. The second-order valence-electron chi connectivity index (χ2n) is 9.52. The number of halogens is 1. The minimum Gasteiger partial charge on any atom is -0.467 e. The second-order valence-corrected chi connectivity index (χ2v) is 10.4. The number of ether oxygens (including phenoxy) is 2. The standard InChI is InChI=1S/C28H28BrNO5/c1-27(2,3)35-26(32)30-17-18-10-5-6-13-21(18)22-14-7-8-15-23(22)24(30)28(33,25(31)34-4)19-11-9-12-20(29)16-19/h5-16,24,33H,17H2,1-4H3/t24?,28-/m1/s1. The molecule has 1 N–H and O–H groups in total. The summed E-state index contributed by atoms with van der Waals surface area (Å²) in [6.45, 7) is 5.46. The van der Waals surface area contributed by atoms with Gasteiger partial charge in [-0.25, -0.2) is 9.59 Å². The maximum absolute atomic E-state index is 13.7. The van der Waals surface area contributed by atoms with E-state index in [1.807, 2.05) is 48.5 Å². The number of aliphatic hydroxyl groups is 1. The van der Waals surface area contributed by atoms with E-state index in [9.17, 15) is 14.7 Å². The molecule has 1 aliphatic rings. The quantitative estimate of drug-likeness (QED) is 0.416. The molecule has 1 aliphatic heterocycles. The molecule has 0 fully saturated rings. The predicted molar refractivity (Wildman–Crippen MR) is 136 cm³/mol. The van der Waals surface area contributed by atoms with Crippen LogP contribution in [0.15, 0.2) is 77.3 Å². The number of carbonyl (C=O) groups is 2. The molecular weight excluding hydrogens is 510 g/mol. The smallest absolute Gasteiger partial charge is 0.411 e. The van der Waals surface area contributed by atoms with Crippen LogP contribution in [-0.2, 0) is 26.4 Å². The SMILES string of the molecule is COC(=O)[C@@](O)(c1cccc(Br)c1)C1c2ccccc2-c2ccccc2CN1C(=O)OC(C)(C)C. The van der Waals surface area contributed by atoms with Crippen LogP contribution in [0.5, 0.6) is 0 Å². The van der Waals surface area contributed by atoms with E-state index in [0.717, 1.165) is 16.7 Å². The molecule has 0 saturated carbocycles. The number of nitrogens with zero attached hydrogens (tertiary/aromatic N) is 1. The largest absolute Gasteiger partial charge is 0.467 e. The van der Waals surface area contributed by atoms with Gasteiger partial charge in [-0.2, -0.15) is 0 Å². The van der Waals surface area contributed by atoms with Gasteiger partial charge in [-0.05, 0) is 60.7 Å². The Hall–Kier alpha value is -3.16. The number of carbonyl (C=O) groups excluding carboxylic acids is 2. The number of fused-ring (bicyclic) bond motifs is 3. The fraction of sp³-hybridized carbons (Fsp3) is 0.286. The van der Waals surface area contributed by atoms with Crippen LogP contribution in [0, 0.1) is 0 Å². The van der Waals surface area contributed by atoms with E-state index in [1.54, 1.807) is 45.0 Å². The lowest BCUT2D eigenvalue weighted by molar-refractivity contribution is -0.173.